The number of aromatic carboxylic acids is 1. The normalized spacial score (nSPS) is 16.9. The number of hydrogen-bond donors (Lipinski definition) is 3. The van der Waals surface area contributed by atoms with Gasteiger partial charge in [-0.25, -0.2) is 4.79 Å². The lowest BCUT2D eigenvalue weighted by Crippen LogP contribution is -2.48. The summed E-state index contributed by atoms with van der Waals surface area (Å²) in [6, 6.07) is 2.48. The molecule has 1 saturated carbocycles. The Morgan fingerprint density at radius 3 is 2.15 bits per heavy atom. The van der Waals surface area contributed by atoms with Gasteiger partial charge < -0.3 is 16.2 Å². The molecule has 4 N–H and O–H groups in total. The third-order valence-corrected chi connectivity index (χ3v) is 4.07. The van der Waals surface area contributed by atoms with Crippen LogP contribution in [0.4, 0.5) is 5.69 Å². The van der Waals surface area contributed by atoms with E-state index in [1.54, 1.807) is 0 Å². The van der Waals surface area contributed by atoms with Gasteiger partial charge in [0.2, 0.25) is 5.91 Å². The Hall–Kier alpha value is -1.30. The standard InChI is InChI=1S/C13H14Cl2N2O3/c14-8-5-7(11(18)19)6-9(15)10(8)17-12(20)13(16)3-1-2-4-13/h5-6H,1-4,16H2,(H,17,20)(H,18,19). The number of halogens is 2. The van der Waals surface area contributed by atoms with E-state index in [0.717, 1.165) is 12.8 Å². The van der Waals surface area contributed by atoms with E-state index in [9.17, 15) is 9.59 Å². The number of nitrogens with two attached hydrogens (primary N) is 1. The molecule has 0 radical (unpaired) electrons. The summed E-state index contributed by atoms with van der Waals surface area (Å²) in [5.74, 6) is -1.49. The molecule has 1 aliphatic carbocycles. The summed E-state index contributed by atoms with van der Waals surface area (Å²) in [6.45, 7) is 0. The number of carboxylic acid groups (broad SMARTS) is 1. The molecule has 20 heavy (non-hydrogen) atoms. The largest absolute Gasteiger partial charge is 0.478 e. The van der Waals surface area contributed by atoms with Crippen LogP contribution in [0, 0.1) is 0 Å². The molecule has 1 aromatic carbocycles. The average molecular weight is 317 g/mol. The molecule has 0 bridgehead atoms. The van der Waals surface area contributed by atoms with E-state index in [4.69, 9.17) is 34.0 Å². The molecular formula is C13H14Cl2N2O3. The summed E-state index contributed by atoms with van der Waals surface area (Å²) >= 11 is 11.9. The van der Waals surface area contributed by atoms with Crippen molar-refractivity contribution in [1.82, 2.24) is 0 Å². The fourth-order valence-corrected chi connectivity index (χ4v) is 2.87. The number of rotatable bonds is 3. The van der Waals surface area contributed by atoms with Crippen molar-refractivity contribution in [2.75, 3.05) is 5.32 Å². The third kappa shape index (κ3) is 2.90. The van der Waals surface area contributed by atoms with Crippen molar-refractivity contribution < 1.29 is 14.7 Å². The first-order chi connectivity index (χ1) is 9.33. The first kappa shape index (κ1) is 15.1. The van der Waals surface area contributed by atoms with Crippen molar-refractivity contribution in [3.63, 3.8) is 0 Å². The molecule has 7 heteroatoms. The fourth-order valence-electron chi connectivity index (χ4n) is 2.29. The lowest BCUT2D eigenvalue weighted by Gasteiger charge is -2.23. The van der Waals surface area contributed by atoms with Gasteiger partial charge in [0.15, 0.2) is 0 Å². The molecule has 1 aliphatic rings. The summed E-state index contributed by atoms with van der Waals surface area (Å²) in [5.41, 5.74) is 5.29. The molecule has 0 saturated heterocycles. The number of amides is 1. The highest BCUT2D eigenvalue weighted by Gasteiger charge is 2.37. The van der Waals surface area contributed by atoms with E-state index < -0.39 is 11.5 Å². The van der Waals surface area contributed by atoms with Gasteiger partial charge >= 0.3 is 5.97 Å². The summed E-state index contributed by atoms with van der Waals surface area (Å²) in [4.78, 5) is 23.1. The lowest BCUT2D eigenvalue weighted by molar-refractivity contribution is -0.121. The minimum absolute atomic E-state index is 0.0404. The number of anilines is 1. The minimum Gasteiger partial charge on any atom is -0.478 e. The summed E-state index contributed by atoms with van der Waals surface area (Å²) in [7, 11) is 0. The summed E-state index contributed by atoms with van der Waals surface area (Å²) in [6.07, 6.45) is 3.04. The maximum Gasteiger partial charge on any atom is 0.335 e. The molecule has 2 rings (SSSR count). The Balaban J connectivity index is 2.26. The summed E-state index contributed by atoms with van der Waals surface area (Å²) in [5, 5.41) is 11.6. The van der Waals surface area contributed by atoms with Crippen molar-refractivity contribution in [2.24, 2.45) is 5.73 Å². The molecule has 1 amide bonds. The predicted octanol–water partition coefficient (Wildman–Crippen LogP) is 2.90. The second-order valence-corrected chi connectivity index (χ2v) is 5.75. The van der Waals surface area contributed by atoms with Crippen molar-refractivity contribution in [3.8, 4) is 0 Å². The Morgan fingerprint density at radius 2 is 1.70 bits per heavy atom. The van der Waals surface area contributed by atoms with Crippen LogP contribution >= 0.6 is 23.2 Å². The Morgan fingerprint density at radius 1 is 1.20 bits per heavy atom. The summed E-state index contributed by atoms with van der Waals surface area (Å²) < 4.78 is 0. The van der Waals surface area contributed by atoms with Crippen molar-refractivity contribution in [3.05, 3.63) is 27.7 Å². The number of benzene rings is 1. The monoisotopic (exact) mass is 316 g/mol. The molecule has 5 nitrogen and oxygen atoms in total. The highest BCUT2D eigenvalue weighted by Crippen LogP contribution is 2.34. The van der Waals surface area contributed by atoms with Gasteiger partial charge in [0.1, 0.15) is 0 Å². The van der Waals surface area contributed by atoms with Gasteiger partial charge in [-0.05, 0) is 25.0 Å². The zero-order valence-corrected chi connectivity index (χ0v) is 12.1. The van der Waals surface area contributed by atoms with Crippen LogP contribution in [-0.4, -0.2) is 22.5 Å². The van der Waals surface area contributed by atoms with Gasteiger partial charge in [0.05, 0.1) is 26.8 Å². The average Bonchev–Trinajstić information content (AvgIpc) is 2.81. The maximum absolute atomic E-state index is 12.2. The van der Waals surface area contributed by atoms with Crippen molar-refractivity contribution in [1.29, 1.82) is 0 Å². The van der Waals surface area contributed by atoms with E-state index in [1.807, 2.05) is 0 Å². The van der Waals surface area contributed by atoms with Gasteiger partial charge in [-0.2, -0.15) is 0 Å². The van der Waals surface area contributed by atoms with E-state index >= 15 is 0 Å². The molecule has 0 spiro atoms. The lowest BCUT2D eigenvalue weighted by atomic mass is 9.98. The second kappa shape index (κ2) is 5.60. The highest BCUT2D eigenvalue weighted by molar-refractivity contribution is 6.40. The molecule has 108 valence electrons. The van der Waals surface area contributed by atoms with Crippen molar-refractivity contribution >= 4 is 40.8 Å². The van der Waals surface area contributed by atoms with Gasteiger partial charge in [-0.15, -0.1) is 0 Å². The minimum atomic E-state index is -1.14. The SMILES string of the molecule is NC1(C(=O)Nc2c(Cl)cc(C(=O)O)cc2Cl)CCCC1. The van der Waals surface area contributed by atoms with Crippen LogP contribution in [0.25, 0.3) is 0 Å². The maximum atomic E-state index is 12.2. The first-order valence-electron chi connectivity index (χ1n) is 6.16. The number of carbonyl (C=O) groups excluding carboxylic acids is 1. The molecular weight excluding hydrogens is 303 g/mol. The van der Waals surface area contributed by atoms with Crippen LogP contribution in [0.5, 0.6) is 0 Å². The molecule has 0 unspecified atom stereocenters. The Kier molecular flexibility index (Phi) is 4.22. The number of nitrogens with one attached hydrogen (secondary N) is 1. The molecule has 1 aromatic rings. The van der Waals surface area contributed by atoms with Crippen LogP contribution in [0.3, 0.4) is 0 Å². The van der Waals surface area contributed by atoms with E-state index in [1.165, 1.54) is 12.1 Å². The molecule has 0 atom stereocenters. The smallest absolute Gasteiger partial charge is 0.335 e. The first-order valence-corrected chi connectivity index (χ1v) is 6.92. The third-order valence-electron chi connectivity index (χ3n) is 3.48. The van der Waals surface area contributed by atoms with Gasteiger partial charge in [-0.3, -0.25) is 4.79 Å². The van der Waals surface area contributed by atoms with Crippen LogP contribution in [0.15, 0.2) is 12.1 Å². The van der Waals surface area contributed by atoms with Crippen LogP contribution in [0.1, 0.15) is 36.0 Å². The Labute approximate surface area is 126 Å². The molecule has 0 aliphatic heterocycles. The molecule has 0 aromatic heterocycles. The van der Waals surface area contributed by atoms with E-state index in [-0.39, 0.29) is 27.2 Å². The molecule has 1 fully saturated rings. The Bertz CT molecular complexity index is 546. The van der Waals surface area contributed by atoms with Gasteiger partial charge in [0, 0.05) is 0 Å². The van der Waals surface area contributed by atoms with Crippen LogP contribution < -0.4 is 11.1 Å². The predicted molar refractivity (Wildman–Crippen MR) is 77.4 cm³/mol. The van der Waals surface area contributed by atoms with Crippen molar-refractivity contribution in [2.45, 2.75) is 31.2 Å². The van der Waals surface area contributed by atoms with Crippen LogP contribution in [0.2, 0.25) is 10.0 Å². The van der Waals surface area contributed by atoms with Gasteiger partial charge in [-0.1, -0.05) is 36.0 Å². The highest BCUT2D eigenvalue weighted by atomic mass is 35.5. The number of hydrogen-bond acceptors (Lipinski definition) is 3. The zero-order valence-electron chi connectivity index (χ0n) is 10.6. The topological polar surface area (TPSA) is 92.4 Å². The van der Waals surface area contributed by atoms with E-state index in [0.29, 0.717) is 12.8 Å². The second-order valence-electron chi connectivity index (χ2n) is 4.94. The fraction of sp³-hybridized carbons (Fsp3) is 0.385. The van der Waals surface area contributed by atoms with Crippen LogP contribution in [-0.2, 0) is 4.79 Å². The van der Waals surface area contributed by atoms with E-state index in [2.05, 4.69) is 5.32 Å². The van der Waals surface area contributed by atoms with Gasteiger partial charge in [0.25, 0.3) is 0 Å². The molecule has 0 heterocycles. The zero-order chi connectivity index (χ0) is 14.9. The number of carbonyl (C=O) groups is 2. The number of carboxylic acids is 1. The quantitative estimate of drug-likeness (QED) is 0.799.